The van der Waals surface area contributed by atoms with Crippen LogP contribution in [0.5, 0.6) is 0 Å². The Labute approximate surface area is 208 Å². The first-order valence-electron chi connectivity index (χ1n) is 15.1. The summed E-state index contributed by atoms with van der Waals surface area (Å²) < 4.78 is 0. The molecule has 33 heavy (non-hydrogen) atoms. The maximum Gasteiger partial charge on any atom is 0.320 e. The van der Waals surface area contributed by atoms with Crippen LogP contribution in [-0.2, 0) is 4.79 Å². The molecule has 3 heteroatoms. The summed E-state index contributed by atoms with van der Waals surface area (Å²) in [6, 6.07) is -0.0655. The van der Waals surface area contributed by atoms with E-state index in [1.165, 1.54) is 135 Å². The summed E-state index contributed by atoms with van der Waals surface area (Å²) in [5, 5.41) is 12.9. The predicted molar refractivity (Wildman–Crippen MR) is 146 cm³/mol. The maximum atomic E-state index is 11.6. The summed E-state index contributed by atoms with van der Waals surface area (Å²) in [5.74, 6) is -0.675. The Morgan fingerprint density at radius 1 is 0.545 bits per heavy atom. The number of rotatable bonds is 27. The van der Waals surface area contributed by atoms with E-state index >= 15 is 0 Å². The Kier molecular flexibility index (Phi) is 25.6. The lowest BCUT2D eigenvalue weighted by atomic mass is 10.0. The molecule has 0 aliphatic rings. The lowest BCUT2D eigenvalue weighted by Gasteiger charge is -2.20. The summed E-state index contributed by atoms with van der Waals surface area (Å²) in [5.41, 5.74) is 0. The second kappa shape index (κ2) is 26.0. The molecule has 3 nitrogen and oxygen atoms in total. The second-order valence-electron chi connectivity index (χ2n) is 10.6. The zero-order valence-corrected chi connectivity index (χ0v) is 23.0. The van der Waals surface area contributed by atoms with Crippen LogP contribution in [0.15, 0.2) is 0 Å². The van der Waals surface area contributed by atoms with Crippen molar-refractivity contribution in [3.8, 4) is 0 Å². The van der Waals surface area contributed by atoms with E-state index in [9.17, 15) is 9.90 Å². The van der Waals surface area contributed by atoms with Crippen LogP contribution in [0.4, 0.5) is 0 Å². The number of carbonyl (C=O) groups is 1. The van der Waals surface area contributed by atoms with Crippen LogP contribution in [0.3, 0.4) is 0 Å². The van der Waals surface area contributed by atoms with E-state index in [2.05, 4.69) is 26.1 Å². The van der Waals surface area contributed by atoms with Gasteiger partial charge < -0.3 is 10.4 Å². The van der Waals surface area contributed by atoms with Crippen molar-refractivity contribution in [1.29, 1.82) is 0 Å². The molecule has 0 radical (unpaired) electrons. The van der Waals surface area contributed by atoms with Crippen molar-refractivity contribution in [3.05, 3.63) is 0 Å². The third-order valence-electron chi connectivity index (χ3n) is 7.12. The Morgan fingerprint density at radius 3 is 1.18 bits per heavy atom. The standard InChI is InChI=1S/C30H61NO2/c1-4-6-8-10-12-14-15-16-17-18-19-20-22-24-26-28(3)31-29(30(32)33)27-25-23-21-13-11-9-7-5-2/h28-29,31H,4-27H2,1-3H3,(H,32,33). The highest BCUT2D eigenvalue weighted by Crippen LogP contribution is 2.15. The minimum Gasteiger partial charge on any atom is -0.480 e. The summed E-state index contributed by atoms with van der Waals surface area (Å²) in [6.07, 6.45) is 31.3. The van der Waals surface area contributed by atoms with Gasteiger partial charge in [-0.15, -0.1) is 0 Å². The number of aliphatic carboxylic acids is 1. The molecule has 0 fully saturated rings. The summed E-state index contributed by atoms with van der Waals surface area (Å²) in [7, 11) is 0. The molecule has 0 aromatic heterocycles. The second-order valence-corrected chi connectivity index (χ2v) is 10.6. The van der Waals surface area contributed by atoms with E-state index in [0.29, 0.717) is 6.04 Å². The van der Waals surface area contributed by atoms with Gasteiger partial charge in [0.2, 0.25) is 0 Å². The van der Waals surface area contributed by atoms with Crippen LogP contribution in [0.25, 0.3) is 0 Å². The molecular weight excluding hydrogens is 406 g/mol. The molecule has 0 amide bonds. The first-order chi connectivity index (χ1) is 16.1. The molecule has 0 aromatic carbocycles. The fourth-order valence-electron chi connectivity index (χ4n) is 4.83. The van der Waals surface area contributed by atoms with E-state index in [4.69, 9.17) is 0 Å². The van der Waals surface area contributed by atoms with Crippen LogP contribution in [-0.4, -0.2) is 23.2 Å². The molecular formula is C30H61NO2. The Hall–Kier alpha value is -0.570. The van der Waals surface area contributed by atoms with Crippen LogP contribution >= 0.6 is 0 Å². The van der Waals surface area contributed by atoms with Gasteiger partial charge in [0.1, 0.15) is 6.04 Å². The molecule has 0 bridgehead atoms. The van der Waals surface area contributed by atoms with Crippen molar-refractivity contribution in [2.45, 2.75) is 187 Å². The molecule has 198 valence electrons. The maximum absolute atomic E-state index is 11.6. The number of nitrogens with one attached hydrogen (secondary N) is 1. The SMILES string of the molecule is CCCCCCCCCCCCCCCCC(C)NC(CCCCCCCCCC)C(=O)O. The molecule has 0 heterocycles. The van der Waals surface area contributed by atoms with Gasteiger partial charge in [0.25, 0.3) is 0 Å². The van der Waals surface area contributed by atoms with E-state index < -0.39 is 5.97 Å². The number of carboxylic acid groups (broad SMARTS) is 1. The van der Waals surface area contributed by atoms with Crippen LogP contribution in [0, 0.1) is 0 Å². The largest absolute Gasteiger partial charge is 0.480 e. The quantitative estimate of drug-likeness (QED) is 0.118. The fourth-order valence-corrected chi connectivity index (χ4v) is 4.83. The third kappa shape index (κ3) is 24.4. The highest BCUT2D eigenvalue weighted by atomic mass is 16.4. The van der Waals surface area contributed by atoms with E-state index in [1.54, 1.807) is 0 Å². The van der Waals surface area contributed by atoms with E-state index in [-0.39, 0.29) is 6.04 Å². The van der Waals surface area contributed by atoms with Gasteiger partial charge in [0, 0.05) is 6.04 Å². The van der Waals surface area contributed by atoms with Gasteiger partial charge >= 0.3 is 5.97 Å². The molecule has 0 rings (SSSR count). The normalized spacial score (nSPS) is 13.3. The number of carboxylic acids is 1. The first-order valence-corrected chi connectivity index (χ1v) is 15.1. The van der Waals surface area contributed by atoms with Gasteiger partial charge in [0.15, 0.2) is 0 Å². The van der Waals surface area contributed by atoms with Crippen LogP contribution < -0.4 is 5.32 Å². The number of hydrogen-bond acceptors (Lipinski definition) is 2. The fraction of sp³-hybridized carbons (Fsp3) is 0.967. The smallest absolute Gasteiger partial charge is 0.320 e. The molecule has 2 unspecified atom stereocenters. The molecule has 0 aliphatic heterocycles. The van der Waals surface area contributed by atoms with Crippen molar-refractivity contribution in [1.82, 2.24) is 5.32 Å². The predicted octanol–water partition coefficient (Wildman–Crippen LogP) is 9.82. The molecule has 2 N–H and O–H groups in total. The van der Waals surface area contributed by atoms with E-state index in [1.807, 2.05) is 0 Å². The molecule has 0 saturated carbocycles. The van der Waals surface area contributed by atoms with Crippen LogP contribution in [0.2, 0.25) is 0 Å². The van der Waals surface area contributed by atoms with Crippen molar-refractivity contribution in [2.75, 3.05) is 0 Å². The van der Waals surface area contributed by atoms with Gasteiger partial charge in [-0.3, -0.25) is 4.79 Å². The Bertz CT molecular complexity index is 399. The van der Waals surface area contributed by atoms with Crippen LogP contribution in [0.1, 0.15) is 175 Å². The molecule has 2 atom stereocenters. The molecule has 0 spiro atoms. The number of unbranched alkanes of at least 4 members (excludes halogenated alkanes) is 20. The zero-order valence-electron chi connectivity index (χ0n) is 23.0. The lowest BCUT2D eigenvalue weighted by molar-refractivity contribution is -0.139. The third-order valence-corrected chi connectivity index (χ3v) is 7.12. The van der Waals surface area contributed by atoms with Gasteiger partial charge in [0.05, 0.1) is 0 Å². The lowest BCUT2D eigenvalue weighted by Crippen LogP contribution is -2.42. The van der Waals surface area contributed by atoms with Crippen molar-refractivity contribution >= 4 is 5.97 Å². The average Bonchev–Trinajstić information content (AvgIpc) is 2.80. The molecule has 0 aliphatic carbocycles. The molecule has 0 saturated heterocycles. The summed E-state index contributed by atoms with van der Waals surface area (Å²) in [4.78, 5) is 11.6. The van der Waals surface area contributed by atoms with E-state index in [0.717, 1.165) is 19.3 Å². The zero-order chi connectivity index (χ0) is 24.4. The van der Waals surface area contributed by atoms with Gasteiger partial charge in [-0.2, -0.15) is 0 Å². The Balaban J connectivity index is 3.53. The van der Waals surface area contributed by atoms with Gasteiger partial charge in [-0.05, 0) is 19.8 Å². The van der Waals surface area contributed by atoms with Gasteiger partial charge in [-0.25, -0.2) is 0 Å². The van der Waals surface area contributed by atoms with Crippen molar-refractivity contribution in [3.63, 3.8) is 0 Å². The number of hydrogen-bond donors (Lipinski definition) is 2. The summed E-state index contributed by atoms with van der Waals surface area (Å²) in [6.45, 7) is 6.69. The van der Waals surface area contributed by atoms with Crippen molar-refractivity contribution < 1.29 is 9.90 Å². The van der Waals surface area contributed by atoms with Crippen molar-refractivity contribution in [2.24, 2.45) is 0 Å². The van der Waals surface area contributed by atoms with Gasteiger partial charge in [-0.1, -0.05) is 155 Å². The summed E-state index contributed by atoms with van der Waals surface area (Å²) >= 11 is 0. The average molecular weight is 468 g/mol. The molecule has 0 aromatic rings. The Morgan fingerprint density at radius 2 is 0.848 bits per heavy atom. The minimum atomic E-state index is -0.675. The first kappa shape index (κ1) is 32.4. The highest BCUT2D eigenvalue weighted by molar-refractivity contribution is 5.73. The highest BCUT2D eigenvalue weighted by Gasteiger charge is 2.18. The minimum absolute atomic E-state index is 0.303. The topological polar surface area (TPSA) is 49.3 Å². The monoisotopic (exact) mass is 467 g/mol.